The highest BCUT2D eigenvalue weighted by Crippen LogP contribution is 2.26. The normalized spacial score (nSPS) is 22.2. The van der Waals surface area contributed by atoms with Gasteiger partial charge in [0, 0.05) is 12.2 Å². The highest BCUT2D eigenvalue weighted by Gasteiger charge is 2.30. The number of hydrogen-bond acceptors (Lipinski definition) is 3. The van der Waals surface area contributed by atoms with Gasteiger partial charge in [-0.2, -0.15) is 0 Å². The van der Waals surface area contributed by atoms with Crippen LogP contribution in [-0.2, 0) is 4.79 Å². The number of carbonyl (C=O) groups is 2. The van der Waals surface area contributed by atoms with Gasteiger partial charge in [-0.05, 0) is 25.3 Å². The number of carboxylic acids is 1. The molecule has 7 heteroatoms. The highest BCUT2D eigenvalue weighted by atomic mass is 35.5. The molecule has 0 saturated heterocycles. The molecule has 0 bridgehead atoms. The summed E-state index contributed by atoms with van der Waals surface area (Å²) < 4.78 is 0. The number of rotatable bonds is 3. The van der Waals surface area contributed by atoms with Gasteiger partial charge in [-0.15, -0.1) is 0 Å². The molecule has 0 aliphatic heterocycles. The van der Waals surface area contributed by atoms with Crippen LogP contribution in [0.15, 0.2) is 12.3 Å². The predicted molar refractivity (Wildman–Crippen MR) is 70.5 cm³/mol. The zero-order valence-electron chi connectivity index (χ0n) is 9.90. The van der Waals surface area contributed by atoms with Crippen LogP contribution in [0.3, 0.4) is 0 Å². The maximum absolute atomic E-state index is 11.9. The number of hydrogen-bond donors (Lipinski definition) is 2. The standard InChI is InChI=1S/C12H12Cl2N2O3/c13-9-4-7(5-15-10(9)14)11(17)16-8-2-1-6(3-8)12(18)19/h4-6,8H,1-3H2,(H,16,17)(H,18,19)/t6-,8+/m1/s1. The first kappa shape index (κ1) is 14.1. The lowest BCUT2D eigenvalue weighted by Gasteiger charge is -2.12. The molecule has 0 radical (unpaired) electrons. The van der Waals surface area contributed by atoms with E-state index in [4.69, 9.17) is 28.3 Å². The maximum atomic E-state index is 11.9. The summed E-state index contributed by atoms with van der Waals surface area (Å²) in [7, 11) is 0. The molecule has 1 aromatic heterocycles. The summed E-state index contributed by atoms with van der Waals surface area (Å²) in [6.45, 7) is 0. The molecule has 2 rings (SSSR count). The topological polar surface area (TPSA) is 79.3 Å². The van der Waals surface area contributed by atoms with E-state index in [9.17, 15) is 9.59 Å². The monoisotopic (exact) mass is 302 g/mol. The number of nitrogens with one attached hydrogen (secondary N) is 1. The van der Waals surface area contributed by atoms with E-state index >= 15 is 0 Å². The molecule has 1 heterocycles. The van der Waals surface area contributed by atoms with Crippen molar-refractivity contribution in [2.75, 3.05) is 0 Å². The molecule has 0 spiro atoms. The smallest absolute Gasteiger partial charge is 0.306 e. The Kier molecular flexibility index (Phi) is 4.27. The Balaban J connectivity index is 1.98. The highest BCUT2D eigenvalue weighted by molar-refractivity contribution is 6.41. The van der Waals surface area contributed by atoms with E-state index in [0.29, 0.717) is 24.8 Å². The second-order valence-electron chi connectivity index (χ2n) is 4.52. The molecule has 19 heavy (non-hydrogen) atoms. The van der Waals surface area contributed by atoms with Crippen molar-refractivity contribution in [3.8, 4) is 0 Å². The van der Waals surface area contributed by atoms with E-state index in [1.165, 1.54) is 12.3 Å². The Morgan fingerprint density at radius 2 is 2.11 bits per heavy atom. The molecule has 1 fully saturated rings. The van der Waals surface area contributed by atoms with Crippen molar-refractivity contribution in [1.82, 2.24) is 10.3 Å². The number of amides is 1. The summed E-state index contributed by atoms with van der Waals surface area (Å²) >= 11 is 11.5. The van der Waals surface area contributed by atoms with Gasteiger partial charge in [0.2, 0.25) is 0 Å². The van der Waals surface area contributed by atoms with Gasteiger partial charge in [0.05, 0.1) is 16.5 Å². The number of halogens is 2. The van der Waals surface area contributed by atoms with E-state index < -0.39 is 5.97 Å². The lowest BCUT2D eigenvalue weighted by molar-refractivity contribution is -0.141. The second kappa shape index (κ2) is 5.75. The zero-order valence-corrected chi connectivity index (χ0v) is 11.4. The first-order valence-corrected chi connectivity index (χ1v) is 6.57. The van der Waals surface area contributed by atoms with Crippen molar-refractivity contribution in [2.24, 2.45) is 5.92 Å². The fraction of sp³-hybridized carbons (Fsp3) is 0.417. The number of nitrogens with zero attached hydrogens (tertiary/aromatic N) is 1. The van der Waals surface area contributed by atoms with Gasteiger partial charge in [-0.25, -0.2) is 4.98 Å². The molecule has 0 unspecified atom stereocenters. The first-order chi connectivity index (χ1) is 8.97. The van der Waals surface area contributed by atoms with E-state index in [-0.39, 0.29) is 28.0 Å². The molecule has 1 aliphatic rings. The van der Waals surface area contributed by atoms with Crippen molar-refractivity contribution < 1.29 is 14.7 Å². The molecule has 1 saturated carbocycles. The summed E-state index contributed by atoms with van der Waals surface area (Å²) in [6, 6.07) is 1.32. The van der Waals surface area contributed by atoms with Gasteiger partial charge in [0.25, 0.3) is 5.91 Å². The van der Waals surface area contributed by atoms with E-state index in [1.54, 1.807) is 0 Å². The van der Waals surface area contributed by atoms with Crippen molar-refractivity contribution in [3.63, 3.8) is 0 Å². The van der Waals surface area contributed by atoms with Crippen molar-refractivity contribution in [2.45, 2.75) is 25.3 Å². The van der Waals surface area contributed by atoms with Gasteiger partial charge < -0.3 is 10.4 Å². The van der Waals surface area contributed by atoms with Crippen LogP contribution >= 0.6 is 23.2 Å². The molecule has 1 amide bonds. The molecule has 102 valence electrons. The minimum absolute atomic E-state index is 0.122. The van der Waals surface area contributed by atoms with Crippen LogP contribution in [0.1, 0.15) is 29.6 Å². The third-order valence-electron chi connectivity index (χ3n) is 3.18. The summed E-state index contributed by atoms with van der Waals surface area (Å²) in [4.78, 5) is 26.6. The lowest BCUT2D eigenvalue weighted by Crippen LogP contribution is -2.33. The lowest BCUT2D eigenvalue weighted by atomic mass is 10.1. The molecule has 2 N–H and O–H groups in total. The average Bonchev–Trinajstić information content (AvgIpc) is 2.81. The summed E-state index contributed by atoms with van der Waals surface area (Å²) in [5, 5.41) is 12.0. The fourth-order valence-electron chi connectivity index (χ4n) is 2.15. The van der Waals surface area contributed by atoms with Crippen LogP contribution < -0.4 is 5.32 Å². The van der Waals surface area contributed by atoms with E-state index in [1.807, 2.05) is 0 Å². The van der Waals surface area contributed by atoms with Gasteiger partial charge in [-0.1, -0.05) is 23.2 Å². The number of aliphatic carboxylic acids is 1. The quantitative estimate of drug-likeness (QED) is 0.840. The third-order valence-corrected chi connectivity index (χ3v) is 3.86. The molecule has 5 nitrogen and oxygen atoms in total. The van der Waals surface area contributed by atoms with E-state index in [0.717, 1.165) is 0 Å². The van der Waals surface area contributed by atoms with Gasteiger partial charge in [0.1, 0.15) is 5.15 Å². The Bertz CT molecular complexity index is 522. The minimum Gasteiger partial charge on any atom is -0.481 e. The van der Waals surface area contributed by atoms with E-state index in [2.05, 4.69) is 10.3 Å². The SMILES string of the molecule is O=C(N[C@H]1CC[C@@H](C(=O)O)C1)c1cnc(Cl)c(Cl)c1. The maximum Gasteiger partial charge on any atom is 0.306 e. The van der Waals surface area contributed by atoms with Crippen LogP contribution in [-0.4, -0.2) is 28.0 Å². The zero-order chi connectivity index (χ0) is 14.0. The van der Waals surface area contributed by atoms with Crippen LogP contribution in [0.25, 0.3) is 0 Å². The van der Waals surface area contributed by atoms with Crippen molar-refractivity contribution in [3.05, 3.63) is 28.0 Å². The summed E-state index contributed by atoms with van der Waals surface area (Å²) in [6.07, 6.45) is 3.04. The number of aromatic nitrogens is 1. The largest absolute Gasteiger partial charge is 0.481 e. The molecule has 1 aromatic rings. The number of carbonyl (C=O) groups excluding carboxylic acids is 1. The fourth-order valence-corrected chi connectivity index (χ4v) is 2.42. The Hall–Kier alpha value is -1.33. The summed E-state index contributed by atoms with van der Waals surface area (Å²) in [5.74, 6) is -1.51. The molecular formula is C12H12Cl2N2O3. The number of pyridine rings is 1. The Morgan fingerprint density at radius 3 is 2.68 bits per heavy atom. The minimum atomic E-state index is -0.812. The van der Waals surface area contributed by atoms with Crippen LogP contribution in [0.5, 0.6) is 0 Å². The predicted octanol–water partition coefficient (Wildman–Crippen LogP) is 2.37. The van der Waals surface area contributed by atoms with Gasteiger partial charge >= 0.3 is 5.97 Å². The van der Waals surface area contributed by atoms with Crippen LogP contribution in [0.4, 0.5) is 0 Å². The molecular weight excluding hydrogens is 291 g/mol. The Morgan fingerprint density at radius 1 is 1.37 bits per heavy atom. The molecule has 2 atom stereocenters. The van der Waals surface area contributed by atoms with Crippen LogP contribution in [0.2, 0.25) is 10.2 Å². The van der Waals surface area contributed by atoms with Crippen LogP contribution in [0, 0.1) is 5.92 Å². The second-order valence-corrected chi connectivity index (χ2v) is 5.28. The number of carboxylic acid groups (broad SMARTS) is 1. The van der Waals surface area contributed by atoms with Crippen molar-refractivity contribution in [1.29, 1.82) is 0 Å². The Labute approximate surface area is 119 Å². The molecule has 1 aliphatic carbocycles. The summed E-state index contributed by atoms with van der Waals surface area (Å²) in [5.41, 5.74) is 0.313. The van der Waals surface area contributed by atoms with Gasteiger partial charge in [-0.3, -0.25) is 9.59 Å². The average molecular weight is 303 g/mol. The third kappa shape index (κ3) is 3.36. The van der Waals surface area contributed by atoms with Gasteiger partial charge in [0.15, 0.2) is 0 Å². The van der Waals surface area contributed by atoms with Crippen molar-refractivity contribution >= 4 is 35.1 Å². The molecule has 0 aromatic carbocycles. The first-order valence-electron chi connectivity index (χ1n) is 5.82.